The Morgan fingerprint density at radius 3 is 2.78 bits per heavy atom. The Bertz CT molecular complexity index is 388. The Balaban J connectivity index is 2.36. The van der Waals surface area contributed by atoms with Crippen LogP contribution in [0.2, 0.25) is 0 Å². The number of nitrogen functional groups attached to an aromatic ring is 1. The molecule has 1 amide bonds. The molecule has 0 aromatic heterocycles. The van der Waals surface area contributed by atoms with Crippen LogP contribution in [0, 0.1) is 5.92 Å². The third kappa shape index (κ3) is 5.51. The number of hydrogen-bond acceptors (Lipinski definition) is 3. The quantitative estimate of drug-likeness (QED) is 0.626. The number of anilines is 1. The number of benzene rings is 1. The smallest absolute Gasteiger partial charge is 0.251 e. The maximum absolute atomic E-state index is 11.8. The lowest BCUT2D eigenvalue weighted by atomic mass is 10.2. The van der Waals surface area contributed by atoms with E-state index in [1.165, 1.54) is 0 Å². The van der Waals surface area contributed by atoms with Crippen molar-refractivity contribution in [2.75, 3.05) is 25.5 Å². The number of carbonyl (C=O) groups is 1. The van der Waals surface area contributed by atoms with Crippen LogP contribution in [0.5, 0.6) is 0 Å². The third-order valence-corrected chi connectivity index (χ3v) is 2.62. The molecule has 5 heteroatoms. The minimum absolute atomic E-state index is 0.142. The summed E-state index contributed by atoms with van der Waals surface area (Å²) in [6.07, 6.45) is 0. The molecule has 0 saturated carbocycles. The van der Waals surface area contributed by atoms with E-state index >= 15 is 0 Å². The predicted molar refractivity (Wildman–Crippen MR) is 76.5 cm³/mol. The highest BCUT2D eigenvalue weighted by molar-refractivity contribution is 9.10. The molecule has 0 atom stereocenters. The molecule has 0 aliphatic carbocycles. The number of rotatable bonds is 6. The number of hydrogen-bond donors (Lipinski definition) is 2. The van der Waals surface area contributed by atoms with Gasteiger partial charge in [-0.25, -0.2) is 0 Å². The molecule has 0 saturated heterocycles. The van der Waals surface area contributed by atoms with Crippen LogP contribution in [0.3, 0.4) is 0 Å². The first kappa shape index (κ1) is 15.0. The van der Waals surface area contributed by atoms with Crippen molar-refractivity contribution in [3.05, 3.63) is 28.2 Å². The van der Waals surface area contributed by atoms with Crippen molar-refractivity contribution in [2.45, 2.75) is 13.8 Å². The van der Waals surface area contributed by atoms with Crippen molar-refractivity contribution in [3.8, 4) is 0 Å². The lowest BCUT2D eigenvalue weighted by molar-refractivity contribution is 0.0886. The van der Waals surface area contributed by atoms with E-state index in [0.717, 1.165) is 4.47 Å². The summed E-state index contributed by atoms with van der Waals surface area (Å²) >= 11 is 3.31. The fourth-order valence-corrected chi connectivity index (χ4v) is 1.91. The lowest BCUT2D eigenvalue weighted by Crippen LogP contribution is -2.27. The maximum Gasteiger partial charge on any atom is 0.251 e. The van der Waals surface area contributed by atoms with Crippen LogP contribution in [0.15, 0.2) is 22.7 Å². The molecule has 0 heterocycles. The van der Waals surface area contributed by atoms with Crippen LogP contribution >= 0.6 is 15.9 Å². The summed E-state index contributed by atoms with van der Waals surface area (Å²) < 4.78 is 6.18. The average Bonchev–Trinajstić information content (AvgIpc) is 2.26. The number of ether oxygens (including phenoxy) is 1. The largest absolute Gasteiger partial charge is 0.399 e. The van der Waals surface area contributed by atoms with Crippen LogP contribution < -0.4 is 11.1 Å². The molecule has 0 aliphatic rings. The average molecular weight is 315 g/mol. The fraction of sp³-hybridized carbons (Fsp3) is 0.462. The van der Waals surface area contributed by atoms with Gasteiger partial charge in [0.25, 0.3) is 5.91 Å². The molecule has 0 unspecified atom stereocenters. The molecule has 18 heavy (non-hydrogen) atoms. The van der Waals surface area contributed by atoms with Gasteiger partial charge in [-0.1, -0.05) is 29.8 Å². The SMILES string of the molecule is CC(C)COCCNC(=O)c1cc(N)cc(Br)c1. The molecular weight excluding hydrogens is 296 g/mol. The second kappa shape index (κ2) is 7.38. The summed E-state index contributed by atoms with van der Waals surface area (Å²) in [6.45, 7) is 5.90. The molecule has 1 aromatic carbocycles. The molecule has 0 radical (unpaired) electrons. The van der Waals surface area contributed by atoms with Gasteiger partial charge in [-0.15, -0.1) is 0 Å². The zero-order valence-electron chi connectivity index (χ0n) is 10.7. The molecule has 0 bridgehead atoms. The van der Waals surface area contributed by atoms with Crippen molar-refractivity contribution < 1.29 is 9.53 Å². The Labute approximate surface area is 116 Å². The first-order valence-corrected chi connectivity index (χ1v) is 6.70. The molecule has 1 rings (SSSR count). The first-order valence-electron chi connectivity index (χ1n) is 5.91. The summed E-state index contributed by atoms with van der Waals surface area (Å²) in [5.41, 5.74) is 6.78. The first-order chi connectivity index (χ1) is 8.49. The molecule has 0 aliphatic heterocycles. The molecule has 0 fully saturated rings. The number of amides is 1. The molecule has 3 N–H and O–H groups in total. The zero-order valence-corrected chi connectivity index (χ0v) is 12.3. The van der Waals surface area contributed by atoms with Gasteiger partial charge < -0.3 is 15.8 Å². The van der Waals surface area contributed by atoms with Gasteiger partial charge in [0.15, 0.2) is 0 Å². The monoisotopic (exact) mass is 314 g/mol. The maximum atomic E-state index is 11.8. The molecular formula is C13H19BrN2O2. The summed E-state index contributed by atoms with van der Waals surface area (Å²) in [6, 6.07) is 5.14. The highest BCUT2D eigenvalue weighted by atomic mass is 79.9. The lowest BCUT2D eigenvalue weighted by Gasteiger charge is -2.08. The Morgan fingerprint density at radius 1 is 1.44 bits per heavy atom. The number of carbonyl (C=O) groups excluding carboxylic acids is 1. The topological polar surface area (TPSA) is 64.3 Å². The van der Waals surface area contributed by atoms with Gasteiger partial charge in [-0.3, -0.25) is 4.79 Å². The van der Waals surface area contributed by atoms with E-state index in [-0.39, 0.29) is 5.91 Å². The van der Waals surface area contributed by atoms with Crippen molar-refractivity contribution in [1.82, 2.24) is 5.32 Å². The van der Waals surface area contributed by atoms with E-state index < -0.39 is 0 Å². The minimum atomic E-state index is -0.142. The molecule has 1 aromatic rings. The van der Waals surface area contributed by atoms with Crippen LogP contribution in [0.25, 0.3) is 0 Å². The van der Waals surface area contributed by atoms with Crippen molar-refractivity contribution in [2.24, 2.45) is 5.92 Å². The van der Waals surface area contributed by atoms with Gasteiger partial charge in [0.1, 0.15) is 0 Å². The molecule has 4 nitrogen and oxygen atoms in total. The summed E-state index contributed by atoms with van der Waals surface area (Å²) in [5.74, 6) is 0.363. The number of nitrogens with two attached hydrogens (primary N) is 1. The second-order valence-corrected chi connectivity index (χ2v) is 5.41. The van der Waals surface area contributed by atoms with Crippen LogP contribution in [0.1, 0.15) is 24.2 Å². The van der Waals surface area contributed by atoms with Crippen LogP contribution in [0.4, 0.5) is 5.69 Å². The van der Waals surface area contributed by atoms with Gasteiger partial charge in [-0.2, -0.15) is 0 Å². The Morgan fingerprint density at radius 2 is 2.17 bits per heavy atom. The van der Waals surface area contributed by atoms with E-state index in [1.54, 1.807) is 18.2 Å². The highest BCUT2D eigenvalue weighted by Gasteiger charge is 2.06. The van der Waals surface area contributed by atoms with E-state index in [1.807, 2.05) is 0 Å². The number of nitrogens with one attached hydrogen (secondary N) is 1. The third-order valence-electron chi connectivity index (χ3n) is 2.17. The minimum Gasteiger partial charge on any atom is -0.399 e. The van der Waals surface area contributed by atoms with Gasteiger partial charge >= 0.3 is 0 Å². The summed E-state index contributed by atoms with van der Waals surface area (Å²) in [5, 5.41) is 2.79. The standard InChI is InChI=1S/C13H19BrN2O2/c1-9(2)8-18-4-3-16-13(17)10-5-11(14)7-12(15)6-10/h5-7,9H,3-4,8,15H2,1-2H3,(H,16,17). The van der Waals surface area contributed by atoms with Crippen molar-refractivity contribution >= 4 is 27.5 Å². The molecule has 100 valence electrons. The van der Waals surface area contributed by atoms with Gasteiger partial charge in [-0.05, 0) is 24.1 Å². The summed E-state index contributed by atoms with van der Waals surface area (Å²) in [4.78, 5) is 11.8. The second-order valence-electron chi connectivity index (χ2n) is 4.50. The summed E-state index contributed by atoms with van der Waals surface area (Å²) in [7, 11) is 0. The Hall–Kier alpha value is -1.07. The van der Waals surface area contributed by atoms with Crippen LogP contribution in [-0.4, -0.2) is 25.7 Å². The normalized spacial score (nSPS) is 10.7. The van der Waals surface area contributed by atoms with E-state index in [9.17, 15) is 4.79 Å². The Kier molecular flexibility index (Phi) is 6.15. The van der Waals surface area contributed by atoms with Crippen molar-refractivity contribution in [1.29, 1.82) is 0 Å². The van der Waals surface area contributed by atoms with Crippen LogP contribution in [-0.2, 0) is 4.74 Å². The van der Waals surface area contributed by atoms with E-state index in [4.69, 9.17) is 10.5 Å². The van der Waals surface area contributed by atoms with Gasteiger partial charge in [0.2, 0.25) is 0 Å². The zero-order chi connectivity index (χ0) is 13.5. The highest BCUT2D eigenvalue weighted by Crippen LogP contribution is 2.17. The fourth-order valence-electron chi connectivity index (χ4n) is 1.40. The van der Waals surface area contributed by atoms with Crippen molar-refractivity contribution in [3.63, 3.8) is 0 Å². The molecule has 0 spiro atoms. The van der Waals surface area contributed by atoms with E-state index in [2.05, 4.69) is 35.1 Å². The van der Waals surface area contributed by atoms with Gasteiger partial charge in [0, 0.05) is 28.9 Å². The van der Waals surface area contributed by atoms with Gasteiger partial charge in [0.05, 0.1) is 6.61 Å². The number of halogens is 1. The van der Waals surface area contributed by atoms with E-state index in [0.29, 0.717) is 36.9 Å². The predicted octanol–water partition coefficient (Wildman–Crippen LogP) is 2.43.